The average molecular weight is 410 g/mol. The van der Waals surface area contributed by atoms with Crippen LogP contribution in [-0.4, -0.2) is 54.4 Å². The van der Waals surface area contributed by atoms with Crippen LogP contribution in [0, 0.1) is 5.92 Å². The molecule has 0 bridgehead atoms. The first-order chi connectivity index (χ1) is 13.1. The van der Waals surface area contributed by atoms with Crippen molar-refractivity contribution >= 4 is 24.2 Å². The largest absolute Gasteiger partial charge is 0.496 e. The number of hydrogen-bond acceptors (Lipinski definition) is 4. The topological polar surface area (TPSA) is 75.9 Å². The zero-order valence-corrected chi connectivity index (χ0v) is 17.6. The Balaban J connectivity index is 0.00000280. The summed E-state index contributed by atoms with van der Waals surface area (Å²) in [5.74, 6) is 0.727. The predicted molar refractivity (Wildman–Crippen MR) is 112 cm³/mol. The summed E-state index contributed by atoms with van der Waals surface area (Å²) in [4.78, 5) is 29.9. The fourth-order valence-corrected chi connectivity index (χ4v) is 4.32. The molecule has 0 aromatic heterocycles. The highest BCUT2D eigenvalue weighted by Crippen LogP contribution is 2.41. The van der Waals surface area contributed by atoms with Crippen molar-refractivity contribution in [3.63, 3.8) is 0 Å². The first-order valence-corrected chi connectivity index (χ1v) is 10.0. The first kappa shape index (κ1) is 22.5. The third-order valence-corrected chi connectivity index (χ3v) is 5.77. The van der Waals surface area contributed by atoms with E-state index in [2.05, 4.69) is 6.92 Å². The van der Waals surface area contributed by atoms with E-state index in [1.807, 2.05) is 34.1 Å². The van der Waals surface area contributed by atoms with Crippen LogP contribution in [0.4, 0.5) is 0 Å². The third kappa shape index (κ3) is 4.61. The van der Waals surface area contributed by atoms with Gasteiger partial charge in [0.05, 0.1) is 19.1 Å². The number of carbonyl (C=O) groups is 2. The lowest BCUT2D eigenvalue weighted by Gasteiger charge is -2.42. The molecule has 2 saturated heterocycles. The molecule has 6 nitrogen and oxygen atoms in total. The molecule has 0 radical (unpaired) electrons. The maximum absolute atomic E-state index is 13.3. The number of halogens is 1. The summed E-state index contributed by atoms with van der Waals surface area (Å²) in [5.41, 5.74) is 6.94. The SMILES string of the molecule is CCCCN1C(=O)CCC(C(=O)N2CC[C@@H](N)C2)C1c1ccccc1OC.Cl. The van der Waals surface area contributed by atoms with Crippen LogP contribution in [-0.2, 0) is 9.59 Å². The Kier molecular flexibility index (Phi) is 8.13. The lowest BCUT2D eigenvalue weighted by Crippen LogP contribution is -2.49. The van der Waals surface area contributed by atoms with Crippen molar-refractivity contribution in [3.8, 4) is 5.75 Å². The standard InChI is InChI=1S/C21H31N3O3.ClH/c1-3-4-12-24-19(25)10-9-17(21(26)23-13-11-15(22)14-23)20(24)16-7-5-6-8-18(16)27-2;/h5-8,15,17,20H,3-4,9-14,22H2,1-2H3;1H/t15-,17?,20?;/m1./s1. The van der Waals surface area contributed by atoms with Crippen LogP contribution in [0.3, 0.4) is 0 Å². The van der Waals surface area contributed by atoms with E-state index in [9.17, 15) is 9.59 Å². The Bertz CT molecular complexity index is 685. The fraction of sp³-hybridized carbons (Fsp3) is 0.619. The Morgan fingerprint density at radius 3 is 2.68 bits per heavy atom. The number of unbranched alkanes of at least 4 members (excludes halogenated alkanes) is 1. The van der Waals surface area contributed by atoms with Crippen LogP contribution in [0.15, 0.2) is 24.3 Å². The molecule has 0 spiro atoms. The molecular formula is C21H32ClN3O3. The number of rotatable bonds is 6. The predicted octanol–water partition coefficient (Wildman–Crippen LogP) is 2.76. The van der Waals surface area contributed by atoms with E-state index in [1.165, 1.54) is 0 Å². The highest BCUT2D eigenvalue weighted by atomic mass is 35.5. The molecule has 2 fully saturated rings. The number of nitrogens with two attached hydrogens (primary N) is 1. The van der Waals surface area contributed by atoms with Crippen LogP contribution in [0.1, 0.15) is 50.6 Å². The summed E-state index contributed by atoms with van der Waals surface area (Å²) < 4.78 is 5.57. The molecule has 0 aliphatic carbocycles. The number of methoxy groups -OCH3 is 1. The summed E-state index contributed by atoms with van der Waals surface area (Å²) in [7, 11) is 1.64. The maximum atomic E-state index is 13.3. The van der Waals surface area contributed by atoms with Gasteiger partial charge in [-0.15, -0.1) is 12.4 Å². The Hall–Kier alpha value is -1.79. The van der Waals surface area contributed by atoms with E-state index in [-0.39, 0.29) is 42.2 Å². The number of ether oxygens (including phenoxy) is 1. The van der Waals surface area contributed by atoms with Crippen molar-refractivity contribution in [1.82, 2.24) is 9.80 Å². The quantitative estimate of drug-likeness (QED) is 0.783. The van der Waals surface area contributed by atoms with Gasteiger partial charge in [0.2, 0.25) is 11.8 Å². The van der Waals surface area contributed by atoms with Crippen molar-refractivity contribution in [2.75, 3.05) is 26.7 Å². The maximum Gasteiger partial charge on any atom is 0.228 e. The van der Waals surface area contributed by atoms with Gasteiger partial charge in [0, 0.05) is 37.7 Å². The molecular weight excluding hydrogens is 378 g/mol. The summed E-state index contributed by atoms with van der Waals surface area (Å²) in [6.07, 6.45) is 3.77. The summed E-state index contributed by atoms with van der Waals surface area (Å²) in [6.45, 7) is 4.09. The third-order valence-electron chi connectivity index (χ3n) is 5.77. The smallest absolute Gasteiger partial charge is 0.228 e. The summed E-state index contributed by atoms with van der Waals surface area (Å²) in [6, 6.07) is 7.52. The monoisotopic (exact) mass is 409 g/mol. The first-order valence-electron chi connectivity index (χ1n) is 10.0. The minimum atomic E-state index is -0.279. The van der Waals surface area contributed by atoms with Gasteiger partial charge in [-0.1, -0.05) is 31.5 Å². The van der Waals surface area contributed by atoms with E-state index in [0.717, 1.165) is 30.6 Å². The second kappa shape index (κ2) is 10.1. The Morgan fingerprint density at radius 1 is 1.29 bits per heavy atom. The number of amides is 2. The number of nitrogens with zero attached hydrogens (tertiary/aromatic N) is 2. The summed E-state index contributed by atoms with van der Waals surface area (Å²) in [5, 5.41) is 0. The van der Waals surface area contributed by atoms with Gasteiger partial charge in [-0.3, -0.25) is 9.59 Å². The van der Waals surface area contributed by atoms with Crippen LogP contribution in [0.25, 0.3) is 0 Å². The molecule has 156 valence electrons. The van der Waals surface area contributed by atoms with E-state index in [4.69, 9.17) is 10.5 Å². The van der Waals surface area contributed by atoms with E-state index < -0.39 is 0 Å². The number of benzene rings is 1. The molecule has 28 heavy (non-hydrogen) atoms. The number of likely N-dealkylation sites (tertiary alicyclic amines) is 2. The number of piperidine rings is 1. The van der Waals surface area contributed by atoms with Crippen LogP contribution in [0.2, 0.25) is 0 Å². The highest BCUT2D eigenvalue weighted by molar-refractivity contribution is 5.86. The van der Waals surface area contributed by atoms with Gasteiger partial charge in [-0.2, -0.15) is 0 Å². The van der Waals surface area contributed by atoms with Gasteiger partial charge in [0.25, 0.3) is 0 Å². The summed E-state index contributed by atoms with van der Waals surface area (Å²) >= 11 is 0. The van der Waals surface area contributed by atoms with E-state index >= 15 is 0 Å². The molecule has 1 aromatic carbocycles. The minimum absolute atomic E-state index is 0. The molecule has 2 aliphatic heterocycles. The van der Waals surface area contributed by atoms with Crippen molar-refractivity contribution in [3.05, 3.63) is 29.8 Å². The molecule has 2 aliphatic rings. The molecule has 3 rings (SSSR count). The molecule has 1 aromatic rings. The van der Waals surface area contributed by atoms with E-state index in [1.54, 1.807) is 7.11 Å². The van der Waals surface area contributed by atoms with Gasteiger partial charge in [-0.05, 0) is 25.3 Å². The van der Waals surface area contributed by atoms with E-state index in [0.29, 0.717) is 32.5 Å². The van der Waals surface area contributed by atoms with Crippen molar-refractivity contribution in [1.29, 1.82) is 0 Å². The van der Waals surface area contributed by atoms with Gasteiger partial charge >= 0.3 is 0 Å². The number of hydrogen-bond donors (Lipinski definition) is 1. The molecule has 7 heteroatoms. The zero-order valence-electron chi connectivity index (χ0n) is 16.8. The molecule has 2 unspecified atom stereocenters. The molecule has 2 amide bonds. The van der Waals surface area contributed by atoms with Crippen LogP contribution >= 0.6 is 12.4 Å². The molecule has 2 heterocycles. The highest BCUT2D eigenvalue weighted by Gasteiger charge is 2.43. The average Bonchev–Trinajstić information content (AvgIpc) is 3.12. The minimum Gasteiger partial charge on any atom is -0.496 e. The van der Waals surface area contributed by atoms with Crippen LogP contribution in [0.5, 0.6) is 5.75 Å². The van der Waals surface area contributed by atoms with Gasteiger partial charge in [-0.25, -0.2) is 0 Å². The van der Waals surface area contributed by atoms with Crippen molar-refractivity contribution in [2.24, 2.45) is 11.7 Å². The van der Waals surface area contributed by atoms with Crippen molar-refractivity contribution in [2.45, 2.75) is 51.1 Å². The normalized spacial score (nSPS) is 24.8. The fourth-order valence-electron chi connectivity index (χ4n) is 4.32. The lowest BCUT2D eigenvalue weighted by atomic mass is 9.82. The van der Waals surface area contributed by atoms with Gasteiger partial charge in [0.1, 0.15) is 5.75 Å². The lowest BCUT2D eigenvalue weighted by molar-refractivity contribution is -0.147. The molecule has 0 saturated carbocycles. The molecule has 3 atom stereocenters. The Labute approximate surface area is 173 Å². The second-order valence-corrected chi connectivity index (χ2v) is 7.61. The van der Waals surface area contributed by atoms with Gasteiger partial charge < -0.3 is 20.3 Å². The number of carbonyl (C=O) groups excluding carboxylic acids is 2. The van der Waals surface area contributed by atoms with Crippen molar-refractivity contribution < 1.29 is 14.3 Å². The van der Waals surface area contributed by atoms with Crippen LogP contribution < -0.4 is 10.5 Å². The Morgan fingerprint density at radius 2 is 2.04 bits per heavy atom. The number of para-hydroxylation sites is 1. The zero-order chi connectivity index (χ0) is 19.4. The molecule has 2 N–H and O–H groups in total. The second-order valence-electron chi connectivity index (χ2n) is 7.61. The van der Waals surface area contributed by atoms with Gasteiger partial charge in [0.15, 0.2) is 0 Å².